The molecule has 0 radical (unpaired) electrons. The molecule has 1 N–H and O–H groups in total. The standard InChI is InChI=1S/C19H18N2O5/c1-3-8-20-15-7-5-4-6-13(15)14(19(20)23)9-12-10-16(21(24)25)18(22)17(11-12)26-2/h4-7,9-11,22H,3,8H2,1-2H3/b14-9-. The molecule has 0 unspecified atom stereocenters. The summed E-state index contributed by atoms with van der Waals surface area (Å²) in [5.74, 6) is -0.705. The summed E-state index contributed by atoms with van der Waals surface area (Å²) in [6, 6.07) is 10.1. The Morgan fingerprint density at radius 3 is 2.69 bits per heavy atom. The van der Waals surface area contributed by atoms with Crippen molar-refractivity contribution in [3.8, 4) is 11.5 Å². The molecule has 0 atom stereocenters. The van der Waals surface area contributed by atoms with Crippen LogP contribution in [0.3, 0.4) is 0 Å². The second-order valence-corrected chi connectivity index (χ2v) is 5.88. The van der Waals surface area contributed by atoms with Crippen LogP contribution in [0.4, 0.5) is 11.4 Å². The van der Waals surface area contributed by atoms with E-state index in [1.165, 1.54) is 19.2 Å². The molecule has 7 nitrogen and oxygen atoms in total. The molecule has 2 aromatic carbocycles. The highest BCUT2D eigenvalue weighted by Crippen LogP contribution is 2.41. The Morgan fingerprint density at radius 1 is 1.31 bits per heavy atom. The van der Waals surface area contributed by atoms with Crippen molar-refractivity contribution in [2.24, 2.45) is 0 Å². The van der Waals surface area contributed by atoms with Gasteiger partial charge < -0.3 is 14.7 Å². The molecule has 7 heteroatoms. The van der Waals surface area contributed by atoms with Crippen LogP contribution in [0.15, 0.2) is 36.4 Å². The van der Waals surface area contributed by atoms with Gasteiger partial charge in [0, 0.05) is 23.7 Å². The van der Waals surface area contributed by atoms with Gasteiger partial charge in [0.2, 0.25) is 5.75 Å². The molecule has 2 aromatic rings. The van der Waals surface area contributed by atoms with Gasteiger partial charge in [-0.1, -0.05) is 25.1 Å². The number of methoxy groups -OCH3 is 1. The van der Waals surface area contributed by atoms with Crippen LogP contribution in [0.25, 0.3) is 11.6 Å². The molecule has 0 aliphatic carbocycles. The Bertz CT molecular complexity index is 920. The van der Waals surface area contributed by atoms with Crippen LogP contribution in [-0.4, -0.2) is 29.6 Å². The fourth-order valence-electron chi connectivity index (χ4n) is 3.05. The number of amides is 1. The number of phenolic OH excluding ortho intramolecular Hbond substituents is 1. The van der Waals surface area contributed by atoms with Crippen molar-refractivity contribution in [2.75, 3.05) is 18.6 Å². The van der Waals surface area contributed by atoms with Gasteiger partial charge in [0.1, 0.15) is 0 Å². The first kappa shape index (κ1) is 17.5. The lowest BCUT2D eigenvalue weighted by atomic mass is 10.0. The summed E-state index contributed by atoms with van der Waals surface area (Å²) in [6.07, 6.45) is 2.40. The van der Waals surface area contributed by atoms with Crippen molar-refractivity contribution in [1.82, 2.24) is 0 Å². The van der Waals surface area contributed by atoms with Gasteiger partial charge in [-0.15, -0.1) is 0 Å². The molecule has 3 rings (SSSR count). The predicted molar refractivity (Wildman–Crippen MR) is 98.3 cm³/mol. The van der Waals surface area contributed by atoms with Crippen molar-refractivity contribution in [3.05, 3.63) is 57.6 Å². The average Bonchev–Trinajstić information content (AvgIpc) is 2.89. The zero-order valence-corrected chi connectivity index (χ0v) is 14.4. The number of nitro benzene ring substituents is 1. The minimum absolute atomic E-state index is 0.0183. The minimum atomic E-state index is -0.687. The Kier molecular flexibility index (Phi) is 4.62. The van der Waals surface area contributed by atoms with Gasteiger partial charge in [-0.3, -0.25) is 14.9 Å². The number of carbonyl (C=O) groups is 1. The Balaban J connectivity index is 2.15. The number of para-hydroxylation sites is 1. The Labute approximate surface area is 150 Å². The van der Waals surface area contributed by atoms with Gasteiger partial charge in [-0.25, -0.2) is 0 Å². The second kappa shape index (κ2) is 6.87. The molecule has 0 bridgehead atoms. The summed E-state index contributed by atoms with van der Waals surface area (Å²) in [7, 11) is 1.31. The highest BCUT2D eigenvalue weighted by atomic mass is 16.6. The number of aromatic hydroxyl groups is 1. The van der Waals surface area contributed by atoms with E-state index in [2.05, 4.69) is 0 Å². The van der Waals surface area contributed by atoms with Crippen molar-refractivity contribution in [1.29, 1.82) is 0 Å². The number of ether oxygens (including phenoxy) is 1. The maximum atomic E-state index is 12.8. The molecule has 1 aliphatic rings. The van der Waals surface area contributed by atoms with E-state index in [0.717, 1.165) is 17.7 Å². The van der Waals surface area contributed by atoms with Gasteiger partial charge in [0.25, 0.3) is 5.91 Å². The maximum Gasteiger partial charge on any atom is 0.315 e. The third kappa shape index (κ3) is 2.88. The van der Waals surface area contributed by atoms with Crippen LogP contribution in [-0.2, 0) is 4.79 Å². The van der Waals surface area contributed by atoms with Gasteiger partial charge in [-0.05, 0) is 30.2 Å². The van der Waals surface area contributed by atoms with E-state index in [0.29, 0.717) is 17.7 Å². The first-order valence-electron chi connectivity index (χ1n) is 8.16. The molecule has 0 spiro atoms. The summed E-state index contributed by atoms with van der Waals surface area (Å²) in [5.41, 5.74) is 1.99. The second-order valence-electron chi connectivity index (χ2n) is 5.88. The summed E-state index contributed by atoms with van der Waals surface area (Å²) in [4.78, 5) is 25.0. The van der Waals surface area contributed by atoms with E-state index in [4.69, 9.17) is 4.74 Å². The molecular formula is C19H18N2O5. The summed E-state index contributed by atoms with van der Waals surface area (Å²) in [6.45, 7) is 2.58. The zero-order valence-electron chi connectivity index (χ0n) is 14.4. The summed E-state index contributed by atoms with van der Waals surface area (Å²) < 4.78 is 5.02. The largest absolute Gasteiger partial charge is 0.500 e. The Morgan fingerprint density at radius 2 is 2.04 bits per heavy atom. The lowest BCUT2D eigenvalue weighted by Crippen LogP contribution is -2.26. The van der Waals surface area contributed by atoms with E-state index in [-0.39, 0.29) is 11.7 Å². The van der Waals surface area contributed by atoms with Crippen LogP contribution in [0, 0.1) is 10.1 Å². The lowest BCUT2D eigenvalue weighted by Gasteiger charge is -2.15. The monoisotopic (exact) mass is 354 g/mol. The number of fused-ring (bicyclic) bond motifs is 1. The van der Waals surface area contributed by atoms with Crippen LogP contribution in [0.1, 0.15) is 24.5 Å². The average molecular weight is 354 g/mol. The smallest absolute Gasteiger partial charge is 0.315 e. The number of rotatable bonds is 5. The highest BCUT2D eigenvalue weighted by molar-refractivity contribution is 6.35. The summed E-state index contributed by atoms with van der Waals surface area (Å²) in [5, 5.41) is 21.1. The molecule has 0 aromatic heterocycles. The van der Waals surface area contributed by atoms with Crippen molar-refractivity contribution in [2.45, 2.75) is 13.3 Å². The third-order valence-electron chi connectivity index (χ3n) is 4.21. The summed E-state index contributed by atoms with van der Waals surface area (Å²) >= 11 is 0. The van der Waals surface area contributed by atoms with Gasteiger partial charge in [0.15, 0.2) is 5.75 Å². The van der Waals surface area contributed by atoms with Crippen LogP contribution >= 0.6 is 0 Å². The molecule has 1 heterocycles. The number of hydrogen-bond acceptors (Lipinski definition) is 5. The molecule has 26 heavy (non-hydrogen) atoms. The predicted octanol–water partition coefficient (Wildman–Crippen LogP) is 3.61. The van der Waals surface area contributed by atoms with E-state index < -0.39 is 16.4 Å². The van der Waals surface area contributed by atoms with Crippen molar-refractivity contribution in [3.63, 3.8) is 0 Å². The van der Waals surface area contributed by atoms with Crippen molar-refractivity contribution < 1.29 is 19.6 Å². The Hall–Kier alpha value is -3.35. The third-order valence-corrected chi connectivity index (χ3v) is 4.21. The molecule has 134 valence electrons. The molecule has 0 fully saturated rings. The number of nitro groups is 1. The normalized spacial score (nSPS) is 14.6. The van der Waals surface area contributed by atoms with Gasteiger partial charge in [-0.2, -0.15) is 0 Å². The number of phenols is 1. The van der Waals surface area contributed by atoms with Gasteiger partial charge in [0.05, 0.1) is 17.7 Å². The molecule has 0 saturated heterocycles. The van der Waals surface area contributed by atoms with E-state index in [1.54, 1.807) is 11.0 Å². The number of carbonyl (C=O) groups excluding carboxylic acids is 1. The van der Waals surface area contributed by atoms with E-state index in [1.807, 2.05) is 31.2 Å². The van der Waals surface area contributed by atoms with E-state index >= 15 is 0 Å². The first-order chi connectivity index (χ1) is 12.5. The number of anilines is 1. The van der Waals surface area contributed by atoms with Crippen LogP contribution in [0.5, 0.6) is 11.5 Å². The SMILES string of the molecule is CCCN1C(=O)/C(=C\c2cc(OC)c(O)c([N+](=O)[O-])c2)c2ccccc21. The number of hydrogen-bond donors (Lipinski definition) is 1. The molecular weight excluding hydrogens is 336 g/mol. The molecule has 0 saturated carbocycles. The van der Waals surface area contributed by atoms with Gasteiger partial charge >= 0.3 is 5.69 Å². The lowest BCUT2D eigenvalue weighted by molar-refractivity contribution is -0.386. The van der Waals surface area contributed by atoms with Crippen LogP contribution in [0.2, 0.25) is 0 Å². The topological polar surface area (TPSA) is 92.9 Å². The minimum Gasteiger partial charge on any atom is -0.500 e. The van der Waals surface area contributed by atoms with Crippen LogP contribution < -0.4 is 9.64 Å². The first-order valence-corrected chi connectivity index (χ1v) is 8.16. The number of nitrogens with zero attached hydrogens (tertiary/aromatic N) is 2. The number of benzene rings is 2. The van der Waals surface area contributed by atoms with Crippen molar-refractivity contribution >= 4 is 28.9 Å². The molecule has 1 aliphatic heterocycles. The fraction of sp³-hybridized carbons (Fsp3) is 0.211. The quantitative estimate of drug-likeness (QED) is 0.503. The highest BCUT2D eigenvalue weighted by Gasteiger charge is 2.31. The fourth-order valence-corrected chi connectivity index (χ4v) is 3.05. The van der Waals surface area contributed by atoms with E-state index in [9.17, 15) is 20.0 Å². The maximum absolute atomic E-state index is 12.8. The molecule has 1 amide bonds. The zero-order chi connectivity index (χ0) is 18.8.